The molecular formula is C26H17BrClF3N2O4S. The number of amides is 3. The minimum atomic E-state index is -4.58. The normalized spacial score (nSPS) is 14.8. The van der Waals surface area contributed by atoms with Crippen LogP contribution in [0.1, 0.15) is 16.7 Å². The number of benzene rings is 3. The molecule has 1 N–H and O–H groups in total. The van der Waals surface area contributed by atoms with Gasteiger partial charge < -0.3 is 10.1 Å². The van der Waals surface area contributed by atoms with Crippen LogP contribution in [-0.2, 0) is 22.4 Å². The second kappa shape index (κ2) is 11.6. The molecule has 4 rings (SSSR count). The molecule has 3 amide bonds. The lowest BCUT2D eigenvalue weighted by molar-refractivity contribution is -0.137. The largest absolute Gasteiger partial charge is 0.487 e. The SMILES string of the molecule is O=C(CN1C(=O)S/C(=C\c2ccc(OCc3ccc(Br)cc3)c(Cl)c2)C1=O)Nc1cccc(C(F)(F)F)c1. The molecule has 0 unspecified atom stereocenters. The number of halogens is 5. The van der Waals surface area contributed by atoms with Crippen molar-refractivity contribution in [2.75, 3.05) is 11.9 Å². The Kier molecular flexibility index (Phi) is 8.49. The van der Waals surface area contributed by atoms with Crippen molar-refractivity contribution in [3.05, 3.63) is 97.8 Å². The van der Waals surface area contributed by atoms with Gasteiger partial charge in [-0.15, -0.1) is 0 Å². The highest BCUT2D eigenvalue weighted by molar-refractivity contribution is 9.10. The third-order valence-corrected chi connectivity index (χ3v) is 6.94. The summed E-state index contributed by atoms with van der Waals surface area (Å²) in [6.07, 6.45) is -3.12. The van der Waals surface area contributed by atoms with E-state index in [4.69, 9.17) is 16.3 Å². The van der Waals surface area contributed by atoms with Crippen molar-refractivity contribution in [1.82, 2.24) is 4.90 Å². The van der Waals surface area contributed by atoms with E-state index in [0.29, 0.717) is 34.7 Å². The van der Waals surface area contributed by atoms with Crippen LogP contribution >= 0.6 is 39.3 Å². The Morgan fingerprint density at radius 2 is 1.82 bits per heavy atom. The molecule has 38 heavy (non-hydrogen) atoms. The first kappa shape index (κ1) is 27.7. The first-order valence-corrected chi connectivity index (χ1v) is 12.9. The number of hydrogen-bond donors (Lipinski definition) is 1. The summed E-state index contributed by atoms with van der Waals surface area (Å²) in [6.45, 7) is -0.352. The van der Waals surface area contributed by atoms with E-state index in [0.717, 1.165) is 33.1 Å². The van der Waals surface area contributed by atoms with E-state index in [1.54, 1.807) is 18.2 Å². The summed E-state index contributed by atoms with van der Waals surface area (Å²) >= 11 is 10.3. The predicted molar refractivity (Wildman–Crippen MR) is 143 cm³/mol. The first-order valence-electron chi connectivity index (χ1n) is 10.9. The van der Waals surface area contributed by atoms with Gasteiger partial charge in [0.1, 0.15) is 18.9 Å². The van der Waals surface area contributed by atoms with E-state index in [9.17, 15) is 27.6 Å². The van der Waals surface area contributed by atoms with Crippen LogP contribution in [0.3, 0.4) is 0 Å². The van der Waals surface area contributed by atoms with Crippen LogP contribution in [0.15, 0.2) is 76.1 Å². The number of carbonyl (C=O) groups excluding carboxylic acids is 3. The number of hydrogen-bond acceptors (Lipinski definition) is 5. The predicted octanol–water partition coefficient (Wildman–Crippen LogP) is 7.38. The van der Waals surface area contributed by atoms with E-state index < -0.39 is 35.3 Å². The molecule has 196 valence electrons. The lowest BCUT2D eigenvalue weighted by Gasteiger charge is -2.13. The summed E-state index contributed by atoms with van der Waals surface area (Å²) in [5, 5.41) is 1.90. The smallest absolute Gasteiger partial charge is 0.416 e. The van der Waals surface area contributed by atoms with Gasteiger partial charge in [-0.2, -0.15) is 13.2 Å². The van der Waals surface area contributed by atoms with Crippen molar-refractivity contribution in [2.45, 2.75) is 12.8 Å². The van der Waals surface area contributed by atoms with Crippen molar-refractivity contribution in [2.24, 2.45) is 0 Å². The van der Waals surface area contributed by atoms with E-state index in [1.165, 1.54) is 12.1 Å². The van der Waals surface area contributed by atoms with Crippen LogP contribution in [0.4, 0.5) is 23.7 Å². The van der Waals surface area contributed by atoms with Gasteiger partial charge in [0, 0.05) is 10.2 Å². The molecule has 0 bridgehead atoms. The maximum Gasteiger partial charge on any atom is 0.416 e. The molecule has 6 nitrogen and oxygen atoms in total. The molecule has 1 heterocycles. The van der Waals surface area contributed by atoms with Gasteiger partial charge in [-0.1, -0.05) is 51.8 Å². The minimum Gasteiger partial charge on any atom is -0.487 e. The molecular weight excluding hydrogens is 609 g/mol. The van der Waals surface area contributed by atoms with Gasteiger partial charge in [-0.25, -0.2) is 0 Å². The lowest BCUT2D eigenvalue weighted by Crippen LogP contribution is -2.36. The summed E-state index contributed by atoms with van der Waals surface area (Å²) in [5.74, 6) is -1.08. The minimum absolute atomic E-state index is 0.0708. The number of alkyl halides is 3. The van der Waals surface area contributed by atoms with E-state index >= 15 is 0 Å². The average Bonchev–Trinajstić information content (AvgIpc) is 3.11. The molecule has 0 saturated carbocycles. The Morgan fingerprint density at radius 3 is 2.50 bits per heavy atom. The van der Waals surface area contributed by atoms with Crippen LogP contribution in [0.5, 0.6) is 5.75 Å². The zero-order valence-corrected chi connectivity index (χ0v) is 22.4. The zero-order valence-electron chi connectivity index (χ0n) is 19.2. The van der Waals surface area contributed by atoms with E-state index in [2.05, 4.69) is 21.2 Å². The second-order valence-corrected chi connectivity index (χ2v) is 10.3. The Morgan fingerprint density at radius 1 is 1.08 bits per heavy atom. The summed E-state index contributed by atoms with van der Waals surface area (Å²) in [5.41, 5.74) is 0.432. The number of ether oxygens (including phenoxy) is 1. The highest BCUT2D eigenvalue weighted by Crippen LogP contribution is 2.34. The molecule has 0 atom stereocenters. The van der Waals surface area contributed by atoms with Gasteiger partial charge in [0.05, 0.1) is 15.5 Å². The second-order valence-electron chi connectivity index (χ2n) is 8.00. The number of imide groups is 1. The molecule has 1 aliphatic rings. The lowest BCUT2D eigenvalue weighted by atomic mass is 10.2. The third kappa shape index (κ3) is 6.97. The molecule has 1 fully saturated rings. The molecule has 3 aromatic carbocycles. The Balaban J connectivity index is 1.39. The van der Waals surface area contributed by atoms with Crippen LogP contribution in [0.2, 0.25) is 5.02 Å². The van der Waals surface area contributed by atoms with Gasteiger partial charge in [-0.3, -0.25) is 19.3 Å². The number of carbonyl (C=O) groups is 3. The fraction of sp³-hybridized carbons (Fsp3) is 0.115. The molecule has 0 aliphatic carbocycles. The fourth-order valence-corrected chi connectivity index (χ4v) is 4.72. The van der Waals surface area contributed by atoms with Crippen LogP contribution in [-0.4, -0.2) is 28.5 Å². The Bertz CT molecular complexity index is 1430. The molecule has 0 aromatic heterocycles. The Labute approximate surface area is 232 Å². The van der Waals surface area contributed by atoms with Gasteiger partial charge in [0.2, 0.25) is 5.91 Å². The van der Waals surface area contributed by atoms with Crippen molar-refractivity contribution >= 4 is 68.1 Å². The third-order valence-electron chi connectivity index (χ3n) is 5.21. The maximum atomic E-state index is 12.9. The summed E-state index contributed by atoms with van der Waals surface area (Å²) in [7, 11) is 0. The Hall–Kier alpha value is -3.28. The number of rotatable bonds is 7. The summed E-state index contributed by atoms with van der Waals surface area (Å²) < 4.78 is 45.4. The van der Waals surface area contributed by atoms with Crippen LogP contribution in [0.25, 0.3) is 6.08 Å². The summed E-state index contributed by atoms with van der Waals surface area (Å²) in [6, 6.07) is 16.5. The topological polar surface area (TPSA) is 75.7 Å². The number of nitrogens with one attached hydrogen (secondary N) is 1. The van der Waals surface area contributed by atoms with Gasteiger partial charge in [-0.05, 0) is 71.4 Å². The van der Waals surface area contributed by atoms with Crippen molar-refractivity contribution in [3.63, 3.8) is 0 Å². The molecule has 1 aliphatic heterocycles. The fourth-order valence-electron chi connectivity index (χ4n) is 3.37. The quantitative estimate of drug-likeness (QED) is 0.278. The number of thioether (sulfide) groups is 1. The highest BCUT2D eigenvalue weighted by atomic mass is 79.9. The summed E-state index contributed by atoms with van der Waals surface area (Å²) in [4.78, 5) is 38.3. The standard InChI is InChI=1S/C26H17BrClF3N2O4S/c27-18-7-4-15(5-8-18)14-37-21-9-6-16(10-20(21)28)11-22-24(35)33(25(36)38-22)13-23(34)32-19-3-1-2-17(12-19)26(29,30)31/h1-12H,13-14H2,(H,32,34)/b22-11-. The maximum absolute atomic E-state index is 12.9. The molecule has 12 heteroatoms. The highest BCUT2D eigenvalue weighted by Gasteiger charge is 2.36. The van der Waals surface area contributed by atoms with Crippen molar-refractivity contribution in [1.29, 1.82) is 0 Å². The molecule has 0 spiro atoms. The molecule has 1 saturated heterocycles. The number of nitrogens with zero attached hydrogens (tertiary/aromatic N) is 1. The number of anilines is 1. The van der Waals surface area contributed by atoms with Crippen LogP contribution in [0, 0.1) is 0 Å². The first-order chi connectivity index (χ1) is 18.0. The van der Waals surface area contributed by atoms with E-state index in [-0.39, 0.29) is 10.6 Å². The van der Waals surface area contributed by atoms with Gasteiger partial charge >= 0.3 is 6.18 Å². The zero-order chi connectivity index (χ0) is 27.4. The van der Waals surface area contributed by atoms with Gasteiger partial charge in [0.25, 0.3) is 11.1 Å². The average molecular weight is 626 g/mol. The van der Waals surface area contributed by atoms with E-state index in [1.807, 2.05) is 24.3 Å². The molecule has 0 radical (unpaired) electrons. The van der Waals surface area contributed by atoms with Crippen LogP contribution < -0.4 is 10.1 Å². The van der Waals surface area contributed by atoms with Crippen molar-refractivity contribution in [3.8, 4) is 5.75 Å². The van der Waals surface area contributed by atoms with Gasteiger partial charge in [0.15, 0.2) is 0 Å². The van der Waals surface area contributed by atoms with Crippen molar-refractivity contribution < 1.29 is 32.3 Å². The monoisotopic (exact) mass is 624 g/mol. The molecule has 3 aromatic rings.